The fraction of sp³-hybridized carbons (Fsp3) is 0.417. The topological polar surface area (TPSA) is 82.1 Å². The number of piperidine rings is 2. The van der Waals surface area contributed by atoms with E-state index in [0.29, 0.717) is 37.3 Å². The molecule has 3 aliphatic rings. The Labute approximate surface area is 189 Å². The molecule has 1 amide bonds. The van der Waals surface area contributed by atoms with Crippen LogP contribution in [0.15, 0.2) is 57.8 Å². The van der Waals surface area contributed by atoms with Crippen molar-refractivity contribution in [2.75, 3.05) is 36.4 Å². The normalized spacial score (nSPS) is 20.6. The zero-order chi connectivity index (χ0) is 22.1. The van der Waals surface area contributed by atoms with Gasteiger partial charge in [0.25, 0.3) is 10.0 Å². The van der Waals surface area contributed by atoms with Crippen molar-refractivity contribution in [1.82, 2.24) is 4.90 Å². The van der Waals surface area contributed by atoms with Gasteiger partial charge in [0, 0.05) is 49.0 Å². The lowest BCUT2D eigenvalue weighted by Crippen LogP contribution is -2.41. The van der Waals surface area contributed by atoms with Gasteiger partial charge in [-0.15, -0.1) is 4.40 Å². The Hall–Kier alpha value is -2.87. The number of hydrogen-bond acceptors (Lipinski definition) is 5. The number of nitrogens with zero attached hydrogens (tertiary/aromatic N) is 3. The van der Waals surface area contributed by atoms with Gasteiger partial charge in [0.1, 0.15) is 4.90 Å². The Morgan fingerprint density at radius 2 is 1.56 bits per heavy atom. The first-order chi connectivity index (χ1) is 15.5. The zero-order valence-electron chi connectivity index (χ0n) is 18.0. The number of sulfonamides is 1. The quantitative estimate of drug-likeness (QED) is 0.771. The largest absolute Gasteiger partial charge is 0.372 e. The predicted molar refractivity (Wildman–Crippen MR) is 126 cm³/mol. The molecule has 0 unspecified atom stereocenters. The van der Waals surface area contributed by atoms with Crippen molar-refractivity contribution in [3.8, 4) is 0 Å². The number of anilines is 2. The molecule has 1 N–H and O–H groups in total. The van der Waals surface area contributed by atoms with Crippen LogP contribution in [0, 0.1) is 5.92 Å². The minimum Gasteiger partial charge on any atom is -0.372 e. The number of nitrogens with one attached hydrogen (secondary N) is 1. The van der Waals surface area contributed by atoms with E-state index < -0.39 is 10.0 Å². The molecule has 168 valence electrons. The Morgan fingerprint density at radius 1 is 0.875 bits per heavy atom. The van der Waals surface area contributed by atoms with Crippen LogP contribution in [-0.2, 0) is 14.8 Å². The van der Waals surface area contributed by atoms with Crippen molar-refractivity contribution in [3.05, 3.63) is 54.1 Å². The summed E-state index contributed by atoms with van der Waals surface area (Å²) < 4.78 is 28.7. The standard InChI is InChI=1S/C24H28N4O3S/c29-24(25-19-8-10-20(11-9-19)27-14-4-1-5-15-27)18-12-16-28(17-13-18)23-21-6-2-3-7-22(21)32(30,31)26-23/h2-3,6-11,18H,1,4-5,12-17H2,(H,25,29). The van der Waals surface area contributed by atoms with Gasteiger partial charge in [-0.3, -0.25) is 4.79 Å². The summed E-state index contributed by atoms with van der Waals surface area (Å²) in [7, 11) is -3.62. The molecule has 0 saturated carbocycles. The lowest BCUT2D eigenvalue weighted by atomic mass is 9.95. The van der Waals surface area contributed by atoms with Crippen molar-refractivity contribution in [1.29, 1.82) is 0 Å². The second-order valence-corrected chi connectivity index (χ2v) is 10.3. The maximum Gasteiger partial charge on any atom is 0.285 e. The molecule has 2 fully saturated rings. The summed E-state index contributed by atoms with van der Waals surface area (Å²) >= 11 is 0. The van der Waals surface area contributed by atoms with Gasteiger partial charge >= 0.3 is 0 Å². The van der Waals surface area contributed by atoms with Gasteiger partial charge < -0.3 is 15.1 Å². The first-order valence-electron chi connectivity index (χ1n) is 11.4. The highest BCUT2D eigenvalue weighted by Gasteiger charge is 2.34. The van der Waals surface area contributed by atoms with E-state index in [9.17, 15) is 13.2 Å². The monoisotopic (exact) mass is 452 g/mol. The number of amides is 1. The molecule has 0 aliphatic carbocycles. The number of carbonyl (C=O) groups excluding carboxylic acids is 1. The van der Waals surface area contributed by atoms with Gasteiger partial charge in [0.15, 0.2) is 5.84 Å². The molecule has 0 aromatic heterocycles. The van der Waals surface area contributed by atoms with Gasteiger partial charge in [-0.05, 0) is 68.5 Å². The van der Waals surface area contributed by atoms with E-state index in [2.05, 4.69) is 26.7 Å². The lowest BCUT2D eigenvalue weighted by Gasteiger charge is -2.32. The maximum absolute atomic E-state index is 12.8. The molecular formula is C24H28N4O3S. The molecule has 5 rings (SSSR count). The Morgan fingerprint density at radius 3 is 2.28 bits per heavy atom. The lowest BCUT2D eigenvalue weighted by molar-refractivity contribution is -0.120. The first kappa shape index (κ1) is 21.0. The van der Waals surface area contributed by atoms with Crippen molar-refractivity contribution >= 4 is 33.1 Å². The summed E-state index contributed by atoms with van der Waals surface area (Å²) in [4.78, 5) is 17.5. The highest BCUT2D eigenvalue weighted by molar-refractivity contribution is 7.90. The van der Waals surface area contributed by atoms with Crippen LogP contribution in [-0.4, -0.2) is 51.2 Å². The van der Waals surface area contributed by atoms with Crippen molar-refractivity contribution < 1.29 is 13.2 Å². The van der Waals surface area contributed by atoms with E-state index in [-0.39, 0.29) is 16.7 Å². The summed E-state index contributed by atoms with van der Waals surface area (Å²) in [6.07, 6.45) is 5.11. The van der Waals surface area contributed by atoms with Gasteiger partial charge in [0.05, 0.1) is 0 Å². The van der Waals surface area contributed by atoms with Crippen LogP contribution in [0.25, 0.3) is 0 Å². The summed E-state index contributed by atoms with van der Waals surface area (Å²) in [5.74, 6) is 0.436. The predicted octanol–water partition coefficient (Wildman–Crippen LogP) is 3.48. The van der Waals surface area contributed by atoms with Crippen LogP contribution in [0.1, 0.15) is 37.7 Å². The van der Waals surface area contributed by atoms with Gasteiger partial charge in [-0.25, -0.2) is 0 Å². The smallest absolute Gasteiger partial charge is 0.285 e. The van der Waals surface area contributed by atoms with Gasteiger partial charge in [-0.2, -0.15) is 8.42 Å². The average molecular weight is 453 g/mol. The number of rotatable bonds is 3. The van der Waals surface area contributed by atoms with Crippen molar-refractivity contribution in [2.24, 2.45) is 10.3 Å². The minimum atomic E-state index is -3.62. The molecule has 0 spiro atoms. The molecule has 2 aromatic carbocycles. The SMILES string of the molecule is O=C(Nc1ccc(N2CCCCC2)cc1)C1CCN(C2=NS(=O)(=O)c3ccccc32)CC1. The maximum atomic E-state index is 12.8. The van der Waals surface area contributed by atoms with Crippen LogP contribution in [0.3, 0.4) is 0 Å². The van der Waals surface area contributed by atoms with E-state index in [4.69, 9.17) is 0 Å². The molecule has 3 heterocycles. The average Bonchev–Trinajstić information content (AvgIpc) is 3.11. The van der Waals surface area contributed by atoms with Crippen molar-refractivity contribution in [3.63, 3.8) is 0 Å². The second-order valence-electron chi connectivity index (χ2n) is 8.73. The molecule has 2 aromatic rings. The van der Waals surface area contributed by atoms with Crippen LogP contribution in [0.5, 0.6) is 0 Å². The van der Waals surface area contributed by atoms with E-state index in [1.165, 1.54) is 24.9 Å². The Balaban J connectivity index is 1.18. The summed E-state index contributed by atoms with van der Waals surface area (Å²) in [5, 5.41) is 3.05. The number of likely N-dealkylation sites (tertiary alicyclic amines) is 1. The number of amidine groups is 1. The van der Waals surface area contributed by atoms with Gasteiger partial charge in [-0.1, -0.05) is 12.1 Å². The molecule has 0 atom stereocenters. The molecule has 0 bridgehead atoms. The van der Waals surface area contributed by atoms with E-state index in [1.54, 1.807) is 18.2 Å². The molecule has 3 aliphatic heterocycles. The molecule has 0 radical (unpaired) electrons. The highest BCUT2D eigenvalue weighted by atomic mass is 32.2. The fourth-order valence-corrected chi connectivity index (χ4v) is 6.05. The van der Waals surface area contributed by atoms with E-state index in [1.807, 2.05) is 23.1 Å². The fourth-order valence-electron chi connectivity index (χ4n) is 4.82. The van der Waals surface area contributed by atoms with E-state index >= 15 is 0 Å². The van der Waals surface area contributed by atoms with E-state index in [0.717, 1.165) is 18.8 Å². The first-order valence-corrected chi connectivity index (χ1v) is 12.8. The third-order valence-corrected chi connectivity index (χ3v) is 7.96. The second kappa shape index (κ2) is 8.58. The molecule has 2 saturated heterocycles. The number of carbonyl (C=O) groups is 1. The minimum absolute atomic E-state index is 0.0248. The van der Waals surface area contributed by atoms with Crippen LogP contribution in [0.2, 0.25) is 0 Å². The third-order valence-electron chi connectivity index (χ3n) is 6.63. The number of hydrogen-bond donors (Lipinski definition) is 1. The Bertz CT molecular complexity index is 1130. The number of fused-ring (bicyclic) bond motifs is 1. The van der Waals surface area contributed by atoms with Crippen LogP contribution in [0.4, 0.5) is 11.4 Å². The molecular weight excluding hydrogens is 424 g/mol. The highest BCUT2D eigenvalue weighted by Crippen LogP contribution is 2.30. The summed E-state index contributed by atoms with van der Waals surface area (Å²) in [5.41, 5.74) is 2.69. The van der Waals surface area contributed by atoms with Gasteiger partial charge in [0.2, 0.25) is 5.91 Å². The molecule has 7 nitrogen and oxygen atoms in total. The molecule has 8 heteroatoms. The molecule has 32 heavy (non-hydrogen) atoms. The zero-order valence-corrected chi connectivity index (χ0v) is 18.9. The van der Waals surface area contributed by atoms with Crippen molar-refractivity contribution in [2.45, 2.75) is 37.0 Å². The van der Waals surface area contributed by atoms with Crippen LogP contribution >= 0.6 is 0 Å². The summed E-state index contributed by atoms with van der Waals surface area (Å²) in [6, 6.07) is 15.1. The summed E-state index contributed by atoms with van der Waals surface area (Å²) in [6.45, 7) is 3.41. The third kappa shape index (κ3) is 4.11. The number of benzene rings is 2. The van der Waals surface area contributed by atoms with Crippen LogP contribution < -0.4 is 10.2 Å². The Kier molecular flexibility index (Phi) is 5.63.